The van der Waals surface area contributed by atoms with Gasteiger partial charge in [0.1, 0.15) is 12.6 Å². The SMILES string of the molecule is COC(=O)c1cc(C(=O)OC)cc(N(C(C)=O)C(C(=O)NCC(=O)O)C(C)C)c1. The maximum Gasteiger partial charge on any atom is 0.337 e. The lowest BCUT2D eigenvalue weighted by Gasteiger charge is -2.33. The van der Waals surface area contributed by atoms with E-state index in [1.165, 1.54) is 25.1 Å². The fraction of sp³-hybridized carbons (Fsp3) is 0.421. The van der Waals surface area contributed by atoms with E-state index in [1.807, 2.05) is 0 Å². The van der Waals surface area contributed by atoms with E-state index < -0.39 is 48.2 Å². The summed E-state index contributed by atoms with van der Waals surface area (Å²) >= 11 is 0. The quantitative estimate of drug-likeness (QED) is 0.603. The molecule has 0 saturated carbocycles. The Morgan fingerprint density at radius 2 is 1.48 bits per heavy atom. The first kappa shape index (κ1) is 23.6. The summed E-state index contributed by atoms with van der Waals surface area (Å²) < 4.78 is 9.36. The summed E-state index contributed by atoms with van der Waals surface area (Å²) in [5.74, 6) is -4.41. The molecule has 0 aliphatic carbocycles. The maximum atomic E-state index is 12.6. The number of carboxylic acid groups (broad SMARTS) is 1. The van der Waals surface area contributed by atoms with E-state index in [-0.39, 0.29) is 16.8 Å². The summed E-state index contributed by atoms with van der Waals surface area (Å²) in [7, 11) is 2.32. The summed E-state index contributed by atoms with van der Waals surface area (Å²) in [6.07, 6.45) is 0. The van der Waals surface area contributed by atoms with Crippen LogP contribution in [0.3, 0.4) is 0 Å². The van der Waals surface area contributed by atoms with Gasteiger partial charge in [-0.15, -0.1) is 0 Å². The number of anilines is 1. The third-order valence-corrected chi connectivity index (χ3v) is 3.97. The van der Waals surface area contributed by atoms with Gasteiger partial charge in [-0.25, -0.2) is 9.59 Å². The fourth-order valence-electron chi connectivity index (χ4n) is 2.75. The fourth-order valence-corrected chi connectivity index (χ4v) is 2.75. The topological polar surface area (TPSA) is 139 Å². The highest BCUT2D eigenvalue weighted by atomic mass is 16.5. The van der Waals surface area contributed by atoms with Gasteiger partial charge in [0.15, 0.2) is 0 Å². The zero-order chi connectivity index (χ0) is 22.3. The van der Waals surface area contributed by atoms with Gasteiger partial charge in [-0.3, -0.25) is 19.3 Å². The van der Waals surface area contributed by atoms with Gasteiger partial charge >= 0.3 is 17.9 Å². The lowest BCUT2D eigenvalue weighted by Crippen LogP contribution is -2.53. The lowest BCUT2D eigenvalue weighted by atomic mass is 9.99. The molecule has 1 rings (SSSR count). The molecule has 1 atom stereocenters. The third kappa shape index (κ3) is 6.03. The van der Waals surface area contributed by atoms with E-state index in [9.17, 15) is 24.0 Å². The van der Waals surface area contributed by atoms with Crippen molar-refractivity contribution in [3.63, 3.8) is 0 Å². The number of aliphatic carboxylic acids is 1. The van der Waals surface area contributed by atoms with Crippen LogP contribution in [-0.2, 0) is 23.9 Å². The summed E-state index contributed by atoms with van der Waals surface area (Å²) in [6.45, 7) is 3.94. The van der Waals surface area contributed by atoms with Gasteiger partial charge in [0.05, 0.1) is 25.3 Å². The van der Waals surface area contributed by atoms with E-state index in [4.69, 9.17) is 5.11 Å². The molecule has 0 radical (unpaired) electrons. The number of hydrogen-bond donors (Lipinski definition) is 2. The van der Waals surface area contributed by atoms with E-state index in [0.29, 0.717) is 0 Å². The van der Waals surface area contributed by atoms with Crippen LogP contribution in [0.4, 0.5) is 5.69 Å². The molecule has 158 valence electrons. The van der Waals surface area contributed by atoms with Gasteiger partial charge in [0, 0.05) is 12.6 Å². The van der Waals surface area contributed by atoms with Crippen molar-refractivity contribution in [1.29, 1.82) is 0 Å². The normalized spacial score (nSPS) is 11.4. The Morgan fingerprint density at radius 1 is 1.00 bits per heavy atom. The number of benzene rings is 1. The molecular weight excluding hydrogens is 384 g/mol. The van der Waals surface area contributed by atoms with E-state index in [0.717, 1.165) is 19.1 Å². The second kappa shape index (κ2) is 10.2. The molecule has 10 nitrogen and oxygen atoms in total. The van der Waals surface area contributed by atoms with Crippen molar-refractivity contribution >= 4 is 35.4 Å². The van der Waals surface area contributed by atoms with Crippen molar-refractivity contribution < 1.29 is 38.6 Å². The summed E-state index contributed by atoms with van der Waals surface area (Å²) in [5, 5.41) is 11.0. The monoisotopic (exact) mass is 408 g/mol. The number of rotatable bonds is 8. The first-order chi connectivity index (χ1) is 13.5. The first-order valence-corrected chi connectivity index (χ1v) is 8.64. The minimum absolute atomic E-state index is 0.0231. The van der Waals surface area contributed by atoms with Crippen LogP contribution in [0.1, 0.15) is 41.5 Å². The van der Waals surface area contributed by atoms with Crippen LogP contribution < -0.4 is 10.2 Å². The van der Waals surface area contributed by atoms with Crippen molar-refractivity contribution in [2.24, 2.45) is 5.92 Å². The molecule has 1 unspecified atom stereocenters. The Balaban J connectivity index is 3.56. The minimum Gasteiger partial charge on any atom is -0.480 e. The van der Waals surface area contributed by atoms with Gasteiger partial charge in [-0.1, -0.05) is 13.8 Å². The third-order valence-electron chi connectivity index (χ3n) is 3.97. The molecule has 0 fully saturated rings. The van der Waals surface area contributed by atoms with Crippen molar-refractivity contribution in [3.8, 4) is 0 Å². The van der Waals surface area contributed by atoms with Crippen LogP contribution in [0, 0.1) is 5.92 Å². The molecule has 2 N–H and O–H groups in total. The number of nitrogens with one attached hydrogen (secondary N) is 1. The van der Waals surface area contributed by atoms with Gasteiger partial charge < -0.3 is 19.9 Å². The Labute approximate surface area is 167 Å². The molecule has 1 aromatic carbocycles. The number of esters is 2. The van der Waals surface area contributed by atoms with Crippen LogP contribution in [0.25, 0.3) is 0 Å². The Hall–Kier alpha value is -3.43. The molecule has 29 heavy (non-hydrogen) atoms. The number of carbonyl (C=O) groups is 5. The molecule has 10 heteroatoms. The van der Waals surface area contributed by atoms with Gasteiger partial charge in [-0.05, 0) is 24.1 Å². The molecule has 0 saturated heterocycles. The summed E-state index contributed by atoms with van der Waals surface area (Å²) in [6, 6.07) is 2.76. The zero-order valence-electron chi connectivity index (χ0n) is 16.8. The summed E-state index contributed by atoms with van der Waals surface area (Å²) in [5.41, 5.74) is 0.0418. The van der Waals surface area contributed by atoms with Gasteiger partial charge in [0.2, 0.25) is 11.8 Å². The highest BCUT2D eigenvalue weighted by Crippen LogP contribution is 2.26. The summed E-state index contributed by atoms with van der Waals surface area (Å²) in [4.78, 5) is 60.9. The number of hydrogen-bond acceptors (Lipinski definition) is 7. The van der Waals surface area contributed by atoms with E-state index in [1.54, 1.807) is 13.8 Å². The number of carboxylic acids is 1. The largest absolute Gasteiger partial charge is 0.480 e. The zero-order valence-corrected chi connectivity index (χ0v) is 16.8. The number of nitrogens with zero attached hydrogens (tertiary/aromatic N) is 1. The van der Waals surface area contributed by atoms with Gasteiger partial charge in [-0.2, -0.15) is 0 Å². The number of ether oxygens (including phenoxy) is 2. The number of methoxy groups -OCH3 is 2. The molecular formula is C19H24N2O8. The minimum atomic E-state index is -1.24. The second-order valence-electron chi connectivity index (χ2n) is 6.44. The van der Waals surface area contributed by atoms with Crippen LogP contribution in [-0.4, -0.2) is 61.6 Å². The van der Waals surface area contributed by atoms with Crippen molar-refractivity contribution in [2.45, 2.75) is 26.8 Å². The highest BCUT2D eigenvalue weighted by Gasteiger charge is 2.33. The average Bonchev–Trinajstić information content (AvgIpc) is 2.67. The highest BCUT2D eigenvalue weighted by molar-refractivity contribution is 6.03. The number of carbonyl (C=O) groups excluding carboxylic acids is 4. The predicted octanol–water partition coefficient (Wildman–Crippen LogP) is 0.838. The Kier molecular flexibility index (Phi) is 8.31. The predicted molar refractivity (Wildman–Crippen MR) is 102 cm³/mol. The van der Waals surface area contributed by atoms with Crippen LogP contribution in [0.15, 0.2) is 18.2 Å². The maximum absolute atomic E-state index is 12.6. The molecule has 2 amide bonds. The molecule has 0 heterocycles. The number of amides is 2. The Morgan fingerprint density at radius 3 is 1.83 bits per heavy atom. The molecule has 0 bridgehead atoms. The van der Waals surface area contributed by atoms with Crippen molar-refractivity contribution in [3.05, 3.63) is 29.3 Å². The van der Waals surface area contributed by atoms with Crippen LogP contribution in [0.2, 0.25) is 0 Å². The lowest BCUT2D eigenvalue weighted by molar-refractivity contribution is -0.138. The molecule has 0 aliphatic rings. The smallest absolute Gasteiger partial charge is 0.337 e. The van der Waals surface area contributed by atoms with Crippen molar-refractivity contribution in [1.82, 2.24) is 5.32 Å². The molecule has 0 aliphatic heterocycles. The molecule has 0 aromatic heterocycles. The van der Waals surface area contributed by atoms with E-state index >= 15 is 0 Å². The van der Waals surface area contributed by atoms with Crippen molar-refractivity contribution in [2.75, 3.05) is 25.7 Å². The van der Waals surface area contributed by atoms with E-state index in [2.05, 4.69) is 14.8 Å². The van der Waals surface area contributed by atoms with Gasteiger partial charge in [0.25, 0.3) is 0 Å². The van der Waals surface area contributed by atoms with Crippen LogP contribution in [0.5, 0.6) is 0 Å². The Bertz CT molecular complexity index is 784. The molecule has 0 spiro atoms. The van der Waals surface area contributed by atoms with Crippen LogP contribution >= 0.6 is 0 Å². The average molecular weight is 408 g/mol. The second-order valence-corrected chi connectivity index (χ2v) is 6.44. The molecule has 1 aromatic rings. The standard InChI is InChI=1S/C19H24N2O8/c1-10(2)16(17(25)20-9-15(23)24)21(11(3)22)14-7-12(18(26)28-4)6-13(8-14)19(27)29-5/h6-8,10,16H,9H2,1-5H3,(H,20,25)(H,23,24). The first-order valence-electron chi connectivity index (χ1n) is 8.64.